The van der Waals surface area contributed by atoms with E-state index in [1.165, 1.54) is 0 Å². The quantitative estimate of drug-likeness (QED) is 0.708. The van der Waals surface area contributed by atoms with Crippen LogP contribution < -0.4 is 0 Å². The summed E-state index contributed by atoms with van der Waals surface area (Å²) in [5.74, 6) is 0.768. The van der Waals surface area contributed by atoms with Crippen molar-refractivity contribution in [3.63, 3.8) is 0 Å². The number of hydrogen-bond donors (Lipinski definition) is 1. The summed E-state index contributed by atoms with van der Waals surface area (Å²) in [6.07, 6.45) is 4.56. The summed E-state index contributed by atoms with van der Waals surface area (Å²) in [5.41, 5.74) is 1.19. The van der Waals surface area contributed by atoms with Crippen LogP contribution in [0.1, 0.15) is 36.3 Å². The molecule has 3 heteroatoms. The van der Waals surface area contributed by atoms with Crippen LogP contribution in [0.3, 0.4) is 0 Å². The molecule has 0 aromatic carbocycles. The Morgan fingerprint density at radius 3 is 2.54 bits per heavy atom. The number of nitrogens with zero attached hydrogens (tertiary/aromatic N) is 2. The molecule has 13 heavy (non-hydrogen) atoms. The Bertz CT molecular complexity index is 332. The summed E-state index contributed by atoms with van der Waals surface area (Å²) in [6, 6.07) is 0. The Labute approximate surface area is 77.8 Å². The second-order valence-electron chi connectivity index (χ2n) is 3.80. The van der Waals surface area contributed by atoms with E-state index in [-0.39, 0.29) is 0 Å². The molecule has 70 valence electrons. The number of rotatable bonds is 1. The van der Waals surface area contributed by atoms with Gasteiger partial charge in [-0.3, -0.25) is 0 Å². The van der Waals surface area contributed by atoms with Gasteiger partial charge in [0.1, 0.15) is 5.82 Å². The first-order chi connectivity index (χ1) is 6.12. The zero-order chi connectivity index (χ0) is 9.47. The van der Waals surface area contributed by atoms with E-state index in [4.69, 9.17) is 0 Å². The van der Waals surface area contributed by atoms with Gasteiger partial charge in [-0.1, -0.05) is 0 Å². The fourth-order valence-corrected chi connectivity index (χ4v) is 1.82. The summed E-state index contributed by atoms with van der Waals surface area (Å²) in [7, 11) is 0. The van der Waals surface area contributed by atoms with Gasteiger partial charge in [0.05, 0.1) is 5.60 Å². The third-order valence-corrected chi connectivity index (χ3v) is 2.78. The highest BCUT2D eigenvalue weighted by Crippen LogP contribution is 2.41. The van der Waals surface area contributed by atoms with Crippen LogP contribution in [0.5, 0.6) is 0 Å². The molecular weight excluding hydrogens is 164 g/mol. The lowest BCUT2D eigenvalue weighted by molar-refractivity contribution is -0.0399. The molecule has 1 saturated carbocycles. The van der Waals surface area contributed by atoms with Crippen LogP contribution in [0.15, 0.2) is 6.20 Å². The van der Waals surface area contributed by atoms with Crippen LogP contribution in [0.25, 0.3) is 0 Å². The molecule has 0 amide bonds. The summed E-state index contributed by atoms with van der Waals surface area (Å²) in [4.78, 5) is 8.37. The van der Waals surface area contributed by atoms with Crippen molar-refractivity contribution < 1.29 is 5.11 Å². The van der Waals surface area contributed by atoms with Crippen molar-refractivity contribution >= 4 is 0 Å². The summed E-state index contributed by atoms with van der Waals surface area (Å²) >= 11 is 0. The summed E-state index contributed by atoms with van der Waals surface area (Å²) < 4.78 is 0. The van der Waals surface area contributed by atoms with Gasteiger partial charge in [-0.25, -0.2) is 9.97 Å². The fourth-order valence-electron chi connectivity index (χ4n) is 1.82. The molecule has 1 aliphatic carbocycles. The molecule has 0 saturated heterocycles. The van der Waals surface area contributed by atoms with Crippen molar-refractivity contribution in [3.8, 4) is 0 Å². The van der Waals surface area contributed by atoms with Crippen LogP contribution in [-0.4, -0.2) is 15.1 Å². The van der Waals surface area contributed by atoms with Crippen molar-refractivity contribution in [1.82, 2.24) is 9.97 Å². The number of aliphatic hydroxyl groups is 1. The van der Waals surface area contributed by atoms with Gasteiger partial charge >= 0.3 is 0 Å². The Kier molecular flexibility index (Phi) is 1.84. The molecule has 2 rings (SSSR count). The lowest BCUT2D eigenvalue weighted by Crippen LogP contribution is -2.34. The molecule has 1 heterocycles. The minimum atomic E-state index is -0.627. The molecular formula is C10H14N2O. The van der Waals surface area contributed by atoms with E-state index in [9.17, 15) is 5.11 Å². The molecule has 1 fully saturated rings. The predicted molar refractivity (Wildman–Crippen MR) is 49.3 cm³/mol. The van der Waals surface area contributed by atoms with Gasteiger partial charge in [0.25, 0.3) is 0 Å². The first-order valence-corrected chi connectivity index (χ1v) is 4.65. The molecule has 3 nitrogen and oxygen atoms in total. The molecule has 1 aromatic heterocycles. The summed E-state index contributed by atoms with van der Waals surface area (Å²) in [5, 5.41) is 10.1. The first kappa shape index (κ1) is 8.63. The second kappa shape index (κ2) is 2.77. The third-order valence-electron chi connectivity index (χ3n) is 2.78. The highest BCUT2D eigenvalue weighted by Gasteiger charge is 2.37. The maximum Gasteiger partial charge on any atom is 0.125 e. The number of aryl methyl sites for hydroxylation is 2. The monoisotopic (exact) mass is 178 g/mol. The van der Waals surface area contributed by atoms with E-state index >= 15 is 0 Å². The van der Waals surface area contributed by atoms with Gasteiger partial charge in [-0.2, -0.15) is 0 Å². The van der Waals surface area contributed by atoms with Crippen LogP contribution in [-0.2, 0) is 5.60 Å². The Morgan fingerprint density at radius 2 is 2.08 bits per heavy atom. The predicted octanol–water partition coefficient (Wildman–Crippen LogP) is 1.46. The molecule has 1 aliphatic rings. The van der Waals surface area contributed by atoms with E-state index in [0.717, 1.165) is 36.3 Å². The molecule has 0 radical (unpaired) electrons. The van der Waals surface area contributed by atoms with Crippen molar-refractivity contribution in [2.45, 2.75) is 38.7 Å². The lowest BCUT2D eigenvalue weighted by Gasteiger charge is -2.37. The number of aromatic nitrogens is 2. The van der Waals surface area contributed by atoms with E-state index < -0.39 is 5.60 Å². The lowest BCUT2D eigenvalue weighted by atomic mass is 9.75. The SMILES string of the molecule is Cc1ncc(C2(O)CCC2)c(C)n1. The zero-order valence-electron chi connectivity index (χ0n) is 8.04. The second-order valence-corrected chi connectivity index (χ2v) is 3.80. The van der Waals surface area contributed by atoms with Crippen molar-refractivity contribution in [1.29, 1.82) is 0 Å². The maximum atomic E-state index is 10.1. The normalized spacial score (nSPS) is 19.6. The first-order valence-electron chi connectivity index (χ1n) is 4.65. The van der Waals surface area contributed by atoms with Gasteiger partial charge in [0, 0.05) is 17.5 Å². The van der Waals surface area contributed by atoms with Crippen LogP contribution in [0.4, 0.5) is 0 Å². The van der Waals surface area contributed by atoms with Crippen molar-refractivity contribution in [2.75, 3.05) is 0 Å². The van der Waals surface area contributed by atoms with Gasteiger partial charge in [-0.05, 0) is 33.1 Å². The minimum Gasteiger partial charge on any atom is -0.385 e. The topological polar surface area (TPSA) is 46.0 Å². The van der Waals surface area contributed by atoms with E-state index in [1.54, 1.807) is 6.20 Å². The summed E-state index contributed by atoms with van der Waals surface area (Å²) in [6.45, 7) is 3.79. The smallest absolute Gasteiger partial charge is 0.125 e. The molecule has 1 aromatic rings. The van der Waals surface area contributed by atoms with Gasteiger partial charge in [0.2, 0.25) is 0 Å². The van der Waals surface area contributed by atoms with Crippen LogP contribution in [0.2, 0.25) is 0 Å². The van der Waals surface area contributed by atoms with E-state index in [1.807, 2.05) is 13.8 Å². The Hall–Kier alpha value is -0.960. The van der Waals surface area contributed by atoms with Crippen LogP contribution in [0, 0.1) is 13.8 Å². The van der Waals surface area contributed by atoms with Gasteiger partial charge < -0.3 is 5.11 Å². The fraction of sp³-hybridized carbons (Fsp3) is 0.600. The molecule has 0 atom stereocenters. The van der Waals surface area contributed by atoms with E-state index in [0.29, 0.717) is 0 Å². The largest absolute Gasteiger partial charge is 0.385 e. The van der Waals surface area contributed by atoms with Gasteiger partial charge in [0.15, 0.2) is 0 Å². The highest BCUT2D eigenvalue weighted by atomic mass is 16.3. The average Bonchev–Trinajstić information content (AvgIpc) is 2.00. The Morgan fingerprint density at radius 1 is 1.38 bits per heavy atom. The van der Waals surface area contributed by atoms with E-state index in [2.05, 4.69) is 9.97 Å². The molecule has 0 bridgehead atoms. The average molecular weight is 178 g/mol. The third kappa shape index (κ3) is 1.33. The number of hydrogen-bond acceptors (Lipinski definition) is 3. The molecule has 1 N–H and O–H groups in total. The van der Waals surface area contributed by atoms with Crippen molar-refractivity contribution in [2.24, 2.45) is 0 Å². The molecule has 0 unspecified atom stereocenters. The Balaban J connectivity index is 2.40. The highest BCUT2D eigenvalue weighted by molar-refractivity contribution is 5.25. The standard InChI is InChI=1S/C10H14N2O/c1-7-9(6-11-8(2)12-7)10(13)4-3-5-10/h6,13H,3-5H2,1-2H3. The van der Waals surface area contributed by atoms with Gasteiger partial charge in [-0.15, -0.1) is 0 Å². The molecule has 0 spiro atoms. The van der Waals surface area contributed by atoms with Crippen molar-refractivity contribution in [3.05, 3.63) is 23.3 Å². The maximum absolute atomic E-state index is 10.1. The zero-order valence-corrected chi connectivity index (χ0v) is 8.04. The van der Waals surface area contributed by atoms with Crippen LogP contribution >= 0.6 is 0 Å². The molecule has 0 aliphatic heterocycles. The minimum absolute atomic E-state index is 0.627.